The monoisotopic (exact) mass is 452 g/mol. The van der Waals surface area contributed by atoms with E-state index in [-0.39, 0.29) is 23.6 Å². The van der Waals surface area contributed by atoms with Gasteiger partial charge in [-0.05, 0) is 56.2 Å². The lowest BCUT2D eigenvalue weighted by Crippen LogP contribution is -2.49. The Labute approximate surface area is 187 Å². The molecular weight excluding hydrogens is 427 g/mol. The van der Waals surface area contributed by atoms with Crippen LogP contribution < -0.4 is 5.32 Å². The van der Waals surface area contributed by atoms with Crippen molar-refractivity contribution in [3.8, 4) is 0 Å². The van der Waals surface area contributed by atoms with E-state index in [4.69, 9.17) is 23.2 Å². The largest absolute Gasteiger partial charge is 0.352 e. The molecular formula is C22H26Cl2N2O2S. The Kier molecular flexibility index (Phi) is 9.34. The number of rotatable bonds is 9. The van der Waals surface area contributed by atoms with Crippen LogP contribution in [-0.2, 0) is 21.9 Å². The smallest absolute Gasteiger partial charge is 0.242 e. The van der Waals surface area contributed by atoms with E-state index in [0.717, 1.165) is 11.1 Å². The molecule has 2 aromatic carbocycles. The molecule has 0 aliphatic heterocycles. The number of carbonyl (C=O) groups excluding carboxylic acids is 2. The van der Waals surface area contributed by atoms with Crippen molar-refractivity contribution < 1.29 is 9.59 Å². The van der Waals surface area contributed by atoms with Gasteiger partial charge in [0.05, 0.1) is 5.75 Å². The zero-order chi connectivity index (χ0) is 21.4. The summed E-state index contributed by atoms with van der Waals surface area (Å²) in [5, 5.41) is 4.16. The molecule has 0 fully saturated rings. The highest BCUT2D eigenvalue weighted by Crippen LogP contribution is 2.19. The average Bonchev–Trinajstić information content (AvgIpc) is 2.65. The molecule has 0 heterocycles. The lowest BCUT2D eigenvalue weighted by molar-refractivity contribution is -0.138. The van der Waals surface area contributed by atoms with Crippen LogP contribution in [0.2, 0.25) is 10.0 Å². The minimum Gasteiger partial charge on any atom is -0.352 e. The van der Waals surface area contributed by atoms with Crippen molar-refractivity contribution in [3.05, 3.63) is 69.7 Å². The van der Waals surface area contributed by atoms with Crippen LogP contribution in [0.15, 0.2) is 48.5 Å². The molecule has 0 saturated heterocycles. The first kappa shape index (κ1) is 23.6. The topological polar surface area (TPSA) is 49.4 Å². The van der Waals surface area contributed by atoms with E-state index >= 15 is 0 Å². The molecule has 2 aromatic rings. The molecule has 2 rings (SSSR count). The van der Waals surface area contributed by atoms with Gasteiger partial charge in [0.25, 0.3) is 0 Å². The molecule has 0 aliphatic carbocycles. The lowest BCUT2D eigenvalue weighted by Gasteiger charge is -2.29. The predicted octanol–water partition coefficient (Wildman–Crippen LogP) is 5.17. The van der Waals surface area contributed by atoms with Crippen LogP contribution in [0, 0.1) is 0 Å². The van der Waals surface area contributed by atoms with Gasteiger partial charge in [0.1, 0.15) is 6.04 Å². The van der Waals surface area contributed by atoms with E-state index in [1.165, 1.54) is 11.8 Å². The highest BCUT2D eigenvalue weighted by Gasteiger charge is 2.26. The number of hydrogen-bond acceptors (Lipinski definition) is 3. The van der Waals surface area contributed by atoms with Gasteiger partial charge >= 0.3 is 0 Å². The van der Waals surface area contributed by atoms with Crippen LogP contribution in [0.4, 0.5) is 0 Å². The molecule has 0 radical (unpaired) electrons. The quantitative estimate of drug-likeness (QED) is 0.570. The Morgan fingerprint density at radius 2 is 1.59 bits per heavy atom. The molecule has 29 heavy (non-hydrogen) atoms. The Morgan fingerprint density at radius 3 is 2.17 bits per heavy atom. The van der Waals surface area contributed by atoms with Crippen LogP contribution in [0.1, 0.15) is 31.9 Å². The van der Waals surface area contributed by atoms with E-state index in [1.54, 1.807) is 17.9 Å². The number of amides is 2. The summed E-state index contributed by atoms with van der Waals surface area (Å²) in [6.45, 7) is 5.87. The highest BCUT2D eigenvalue weighted by atomic mass is 35.5. The zero-order valence-corrected chi connectivity index (χ0v) is 19.2. The third-order valence-corrected chi connectivity index (χ3v) is 5.68. The molecule has 1 N–H and O–H groups in total. The van der Waals surface area contributed by atoms with Gasteiger partial charge < -0.3 is 10.2 Å². The maximum atomic E-state index is 13.0. The van der Waals surface area contributed by atoms with E-state index < -0.39 is 6.04 Å². The van der Waals surface area contributed by atoms with Crippen LogP contribution in [0.3, 0.4) is 0 Å². The Balaban J connectivity index is 2.07. The number of nitrogens with one attached hydrogen (secondary N) is 1. The molecule has 2 amide bonds. The lowest BCUT2D eigenvalue weighted by atomic mass is 10.1. The van der Waals surface area contributed by atoms with Crippen molar-refractivity contribution in [1.29, 1.82) is 0 Å². The van der Waals surface area contributed by atoms with Gasteiger partial charge in [0.15, 0.2) is 0 Å². The molecule has 0 aromatic heterocycles. The van der Waals surface area contributed by atoms with Gasteiger partial charge in [0, 0.05) is 28.4 Å². The number of nitrogens with zero attached hydrogens (tertiary/aromatic N) is 1. The van der Waals surface area contributed by atoms with Crippen molar-refractivity contribution in [1.82, 2.24) is 10.2 Å². The van der Waals surface area contributed by atoms with E-state index in [1.807, 2.05) is 56.3 Å². The highest BCUT2D eigenvalue weighted by molar-refractivity contribution is 7.99. The fourth-order valence-corrected chi connectivity index (χ4v) is 4.07. The summed E-state index contributed by atoms with van der Waals surface area (Å²) in [4.78, 5) is 27.1. The summed E-state index contributed by atoms with van der Waals surface area (Å²) in [6.07, 6.45) is 0. The fraction of sp³-hybridized carbons (Fsp3) is 0.364. The molecule has 0 aliphatic rings. The fourth-order valence-electron chi connectivity index (χ4n) is 2.79. The summed E-state index contributed by atoms with van der Waals surface area (Å²) in [6, 6.07) is 14.3. The van der Waals surface area contributed by atoms with Gasteiger partial charge in [-0.15, -0.1) is 11.8 Å². The van der Waals surface area contributed by atoms with Crippen molar-refractivity contribution in [2.24, 2.45) is 0 Å². The van der Waals surface area contributed by atoms with E-state index in [9.17, 15) is 9.59 Å². The van der Waals surface area contributed by atoms with Crippen molar-refractivity contribution >= 4 is 46.8 Å². The third-order valence-electron chi connectivity index (χ3n) is 4.22. The van der Waals surface area contributed by atoms with Gasteiger partial charge in [-0.2, -0.15) is 0 Å². The Hall–Kier alpha value is -1.69. The minimum atomic E-state index is -0.587. The number of benzene rings is 2. The van der Waals surface area contributed by atoms with Crippen LogP contribution >= 0.6 is 35.0 Å². The molecule has 156 valence electrons. The van der Waals surface area contributed by atoms with Gasteiger partial charge in [-0.3, -0.25) is 9.59 Å². The van der Waals surface area contributed by atoms with Gasteiger partial charge in [-0.1, -0.05) is 47.5 Å². The van der Waals surface area contributed by atoms with Crippen molar-refractivity contribution in [2.45, 2.75) is 45.2 Å². The normalized spacial score (nSPS) is 11.9. The Bertz CT molecular complexity index is 845. The van der Waals surface area contributed by atoms with Gasteiger partial charge in [0.2, 0.25) is 11.8 Å². The minimum absolute atomic E-state index is 0.00489. The Morgan fingerprint density at radius 1 is 1.00 bits per heavy atom. The summed E-state index contributed by atoms with van der Waals surface area (Å²) in [5.74, 6) is 0.676. The van der Waals surface area contributed by atoms with E-state index in [2.05, 4.69) is 5.32 Å². The first-order chi connectivity index (χ1) is 13.8. The molecule has 7 heteroatoms. The maximum absolute atomic E-state index is 13.0. The maximum Gasteiger partial charge on any atom is 0.242 e. The second-order valence-corrected chi connectivity index (χ2v) is 8.97. The summed E-state index contributed by atoms with van der Waals surface area (Å²) >= 11 is 13.6. The molecule has 1 atom stereocenters. The second-order valence-electron chi connectivity index (χ2n) is 7.11. The zero-order valence-electron chi connectivity index (χ0n) is 16.8. The number of carbonyl (C=O) groups is 2. The molecule has 0 bridgehead atoms. The summed E-state index contributed by atoms with van der Waals surface area (Å²) in [5.41, 5.74) is 1.94. The summed E-state index contributed by atoms with van der Waals surface area (Å²) < 4.78 is 0. The predicted molar refractivity (Wildman–Crippen MR) is 122 cm³/mol. The number of thioether (sulfide) groups is 1. The molecule has 0 spiro atoms. The summed E-state index contributed by atoms with van der Waals surface area (Å²) in [7, 11) is 0. The van der Waals surface area contributed by atoms with E-state index in [0.29, 0.717) is 22.3 Å². The molecule has 0 unspecified atom stereocenters. The van der Waals surface area contributed by atoms with Crippen LogP contribution in [-0.4, -0.2) is 34.6 Å². The first-order valence-electron chi connectivity index (χ1n) is 9.42. The number of hydrogen-bond donors (Lipinski definition) is 1. The molecule has 4 nitrogen and oxygen atoms in total. The van der Waals surface area contributed by atoms with Crippen molar-refractivity contribution in [2.75, 3.05) is 5.75 Å². The standard InChI is InChI=1S/C22H26Cl2N2O2S/c1-15(2)25-22(28)16(3)26(12-17-6-4-8-19(23)10-17)21(27)14-29-13-18-7-5-9-20(24)11-18/h4-11,15-16H,12-14H2,1-3H3,(H,25,28)/t16-/m0/s1. The first-order valence-corrected chi connectivity index (χ1v) is 11.3. The molecule has 0 saturated carbocycles. The second kappa shape index (κ2) is 11.5. The third kappa shape index (κ3) is 7.92. The van der Waals surface area contributed by atoms with Gasteiger partial charge in [-0.25, -0.2) is 0 Å². The van der Waals surface area contributed by atoms with Crippen molar-refractivity contribution in [3.63, 3.8) is 0 Å². The van der Waals surface area contributed by atoms with Crippen LogP contribution in [0.5, 0.6) is 0 Å². The SMILES string of the molecule is CC(C)NC(=O)[C@H](C)N(Cc1cccc(Cl)c1)C(=O)CSCc1cccc(Cl)c1. The number of halogens is 2. The average molecular weight is 453 g/mol. The van der Waals surface area contributed by atoms with Crippen LogP contribution in [0.25, 0.3) is 0 Å².